The molecule has 0 saturated carbocycles. The molecule has 12 aromatic rings. The highest BCUT2D eigenvalue weighted by Crippen LogP contribution is 2.46. The SMILES string of the molecule is C1=CC(c2cc(C3=NC(c4cc(-c5ccccc5)cc(-c5ccccc5)c4)=NC(c4ccccc4)N3)cc(-c3ccccc3)c2-n2c3ccccc3c3ccc4c(c5ccccc5n4-c4ccccc4)c32)=CCC1. The topological polar surface area (TPSA) is 46.6 Å². The van der Waals surface area contributed by atoms with E-state index in [1.165, 1.54) is 38.2 Å². The quantitative estimate of drug-likeness (QED) is 0.154. The van der Waals surface area contributed by atoms with Crippen molar-refractivity contribution in [1.29, 1.82) is 0 Å². The molecule has 1 N–H and O–H groups in total. The fraction of sp³-hybridized carbons (Fsp3) is 0.0435. The summed E-state index contributed by atoms with van der Waals surface area (Å²) < 4.78 is 5.00. The van der Waals surface area contributed by atoms with Gasteiger partial charge in [0.25, 0.3) is 0 Å². The number of nitrogens with one attached hydrogen (secondary N) is 1. The summed E-state index contributed by atoms with van der Waals surface area (Å²) in [5.41, 5.74) is 18.9. The van der Waals surface area contributed by atoms with Gasteiger partial charge in [0.1, 0.15) is 12.0 Å². The van der Waals surface area contributed by atoms with Gasteiger partial charge in [-0.05, 0) is 112 Å². The molecule has 0 saturated heterocycles. The number of nitrogens with zero attached hydrogens (tertiary/aromatic N) is 4. The lowest BCUT2D eigenvalue weighted by Gasteiger charge is -2.26. The van der Waals surface area contributed by atoms with E-state index in [-0.39, 0.29) is 0 Å². The Labute approximate surface area is 430 Å². The zero-order chi connectivity index (χ0) is 49.0. The zero-order valence-corrected chi connectivity index (χ0v) is 40.6. The molecule has 5 heteroatoms. The van der Waals surface area contributed by atoms with Crippen molar-refractivity contribution in [2.75, 3.05) is 0 Å². The number of para-hydroxylation sites is 3. The fourth-order valence-corrected chi connectivity index (χ4v) is 11.4. The molecule has 1 aliphatic carbocycles. The molecule has 350 valence electrons. The number of amidine groups is 2. The molecule has 0 bridgehead atoms. The average Bonchev–Trinajstić information content (AvgIpc) is 4.02. The lowest BCUT2D eigenvalue weighted by molar-refractivity contribution is 0.674. The van der Waals surface area contributed by atoms with E-state index in [0.717, 1.165) is 96.7 Å². The first-order valence-electron chi connectivity index (χ1n) is 25.6. The van der Waals surface area contributed by atoms with E-state index in [9.17, 15) is 0 Å². The Morgan fingerprint density at radius 1 is 0.419 bits per heavy atom. The first kappa shape index (κ1) is 43.2. The molecule has 2 aliphatic rings. The molecule has 74 heavy (non-hydrogen) atoms. The Kier molecular flexibility index (Phi) is 10.7. The molecular weight excluding hydrogens is 899 g/mol. The minimum atomic E-state index is -0.399. The highest BCUT2D eigenvalue weighted by Gasteiger charge is 2.28. The summed E-state index contributed by atoms with van der Waals surface area (Å²) in [7, 11) is 0. The molecule has 1 unspecified atom stereocenters. The summed E-state index contributed by atoms with van der Waals surface area (Å²) >= 11 is 0. The molecule has 3 heterocycles. The Morgan fingerprint density at radius 2 is 0.986 bits per heavy atom. The van der Waals surface area contributed by atoms with Crippen LogP contribution in [0, 0.1) is 0 Å². The lowest BCUT2D eigenvalue weighted by Crippen LogP contribution is -2.33. The van der Waals surface area contributed by atoms with Crippen LogP contribution in [0.25, 0.3) is 93.9 Å². The normalized spacial score (nSPS) is 14.5. The second-order valence-corrected chi connectivity index (χ2v) is 19.2. The Morgan fingerprint density at radius 3 is 1.65 bits per heavy atom. The van der Waals surface area contributed by atoms with Crippen LogP contribution in [0.1, 0.15) is 41.3 Å². The van der Waals surface area contributed by atoms with E-state index >= 15 is 0 Å². The number of aliphatic imine (C=N–C) groups is 2. The number of allylic oxidation sites excluding steroid dienone is 4. The number of aromatic nitrogens is 2. The molecule has 14 rings (SSSR count). The van der Waals surface area contributed by atoms with Crippen LogP contribution in [-0.2, 0) is 0 Å². The second kappa shape index (κ2) is 18.2. The molecule has 1 aliphatic heterocycles. The Hall–Kier alpha value is -9.58. The van der Waals surface area contributed by atoms with Crippen molar-refractivity contribution in [3.63, 3.8) is 0 Å². The highest BCUT2D eigenvalue weighted by atomic mass is 15.2. The predicted octanol–water partition coefficient (Wildman–Crippen LogP) is 17.1. The third kappa shape index (κ3) is 7.48. The summed E-state index contributed by atoms with van der Waals surface area (Å²) in [6, 6.07) is 87.4. The minimum absolute atomic E-state index is 0.399. The lowest BCUT2D eigenvalue weighted by atomic mass is 9.90. The standard InChI is InChI=1S/C69H49N5/c1-7-23-46(24-8-1)51-41-52(47-25-9-2-10-26-47)43-53(42-51)68-70-67(50-31-15-5-16-32-50)71-69(72-68)54-44-59(48-27-11-3-12-28-48)65(60(45-54)49-29-13-4-14-30-49)74-61-37-21-19-35-56(61)57-39-40-63-64(66(57)74)58-36-20-22-38-62(58)73(63)55-33-17-6-18-34-55/h1-3,5-13,15-45,67H,4,14H2,(H,70,71,72). The van der Waals surface area contributed by atoms with Crippen LogP contribution >= 0.6 is 0 Å². The van der Waals surface area contributed by atoms with Gasteiger partial charge in [-0.25, -0.2) is 9.98 Å². The molecule has 5 nitrogen and oxygen atoms in total. The molecule has 0 spiro atoms. The number of hydrogen-bond donors (Lipinski definition) is 1. The Balaban J connectivity index is 1.06. The maximum Gasteiger partial charge on any atom is 0.159 e. The zero-order valence-electron chi connectivity index (χ0n) is 40.6. The van der Waals surface area contributed by atoms with Crippen molar-refractivity contribution in [1.82, 2.24) is 14.5 Å². The van der Waals surface area contributed by atoms with Crippen LogP contribution in [0.2, 0.25) is 0 Å². The van der Waals surface area contributed by atoms with Crippen LogP contribution < -0.4 is 5.32 Å². The van der Waals surface area contributed by atoms with Crippen molar-refractivity contribution in [2.24, 2.45) is 9.98 Å². The average molecular weight is 948 g/mol. The second-order valence-electron chi connectivity index (χ2n) is 19.2. The van der Waals surface area contributed by atoms with Gasteiger partial charge in [-0.3, -0.25) is 0 Å². The molecule has 1 atom stereocenters. The van der Waals surface area contributed by atoms with E-state index in [1.54, 1.807) is 0 Å². The van der Waals surface area contributed by atoms with Gasteiger partial charge < -0.3 is 14.5 Å². The van der Waals surface area contributed by atoms with E-state index in [4.69, 9.17) is 9.98 Å². The maximum atomic E-state index is 5.60. The number of rotatable bonds is 9. The van der Waals surface area contributed by atoms with Crippen LogP contribution in [0.5, 0.6) is 0 Å². The fourth-order valence-electron chi connectivity index (χ4n) is 11.4. The highest BCUT2D eigenvalue weighted by molar-refractivity contribution is 6.26. The van der Waals surface area contributed by atoms with Crippen molar-refractivity contribution in [3.8, 4) is 44.8 Å². The van der Waals surface area contributed by atoms with Gasteiger partial charge >= 0.3 is 0 Å². The third-order valence-corrected chi connectivity index (χ3v) is 14.7. The van der Waals surface area contributed by atoms with Gasteiger partial charge in [0, 0.05) is 49.5 Å². The van der Waals surface area contributed by atoms with Gasteiger partial charge in [-0.2, -0.15) is 0 Å². The molecular formula is C69H49N5. The van der Waals surface area contributed by atoms with E-state index < -0.39 is 6.17 Å². The maximum absolute atomic E-state index is 5.60. The first-order chi connectivity index (χ1) is 36.7. The summed E-state index contributed by atoms with van der Waals surface area (Å²) in [5, 5.41) is 8.73. The van der Waals surface area contributed by atoms with Crippen LogP contribution in [0.15, 0.2) is 271 Å². The smallest absolute Gasteiger partial charge is 0.159 e. The van der Waals surface area contributed by atoms with Crippen molar-refractivity contribution in [2.45, 2.75) is 19.0 Å². The molecule has 0 fully saturated rings. The van der Waals surface area contributed by atoms with Gasteiger partial charge in [0.15, 0.2) is 5.84 Å². The first-order valence-corrected chi connectivity index (χ1v) is 25.6. The summed E-state index contributed by atoms with van der Waals surface area (Å²) in [6.07, 6.45) is 8.61. The predicted molar refractivity (Wildman–Crippen MR) is 310 cm³/mol. The largest absolute Gasteiger partial charge is 0.344 e. The van der Waals surface area contributed by atoms with Gasteiger partial charge in [-0.1, -0.05) is 200 Å². The molecule has 10 aromatic carbocycles. The minimum Gasteiger partial charge on any atom is -0.344 e. The number of benzene rings is 10. The molecule has 2 aromatic heterocycles. The third-order valence-electron chi connectivity index (χ3n) is 14.7. The molecule has 0 radical (unpaired) electrons. The number of hydrogen-bond acceptors (Lipinski definition) is 3. The Bertz CT molecular complexity index is 4180. The van der Waals surface area contributed by atoms with Gasteiger partial charge in [0.2, 0.25) is 0 Å². The van der Waals surface area contributed by atoms with Crippen LogP contribution in [0.4, 0.5) is 0 Å². The monoisotopic (exact) mass is 947 g/mol. The number of fused-ring (bicyclic) bond motifs is 7. The van der Waals surface area contributed by atoms with Gasteiger partial charge in [-0.15, -0.1) is 0 Å². The summed E-state index contributed by atoms with van der Waals surface area (Å²) in [4.78, 5) is 11.1. The van der Waals surface area contributed by atoms with Crippen molar-refractivity contribution in [3.05, 3.63) is 283 Å². The summed E-state index contributed by atoms with van der Waals surface area (Å²) in [5.74, 6) is 1.43. The van der Waals surface area contributed by atoms with Gasteiger partial charge in [0.05, 0.1) is 27.8 Å². The summed E-state index contributed by atoms with van der Waals surface area (Å²) in [6.45, 7) is 0. The van der Waals surface area contributed by atoms with Crippen molar-refractivity contribution >= 4 is 60.9 Å². The van der Waals surface area contributed by atoms with Crippen molar-refractivity contribution < 1.29 is 0 Å². The van der Waals surface area contributed by atoms with E-state index in [2.05, 4.69) is 275 Å². The van der Waals surface area contributed by atoms with Crippen LogP contribution in [-0.4, -0.2) is 20.8 Å². The van der Waals surface area contributed by atoms with Crippen LogP contribution in [0.3, 0.4) is 0 Å². The van der Waals surface area contributed by atoms with E-state index in [1.807, 2.05) is 0 Å². The molecule has 0 amide bonds. The van der Waals surface area contributed by atoms with E-state index in [0.29, 0.717) is 5.84 Å².